The zero-order valence-corrected chi connectivity index (χ0v) is 16.5. The molecule has 1 fully saturated rings. The maximum atomic E-state index is 13.1. The van der Waals surface area contributed by atoms with E-state index in [2.05, 4.69) is 36.2 Å². The van der Waals surface area contributed by atoms with E-state index < -0.39 is 0 Å². The lowest BCUT2D eigenvalue weighted by atomic mass is 10.1. The molecule has 0 bridgehead atoms. The second kappa shape index (κ2) is 7.61. The first-order valence-electron chi connectivity index (χ1n) is 9.38. The highest BCUT2D eigenvalue weighted by Gasteiger charge is 2.31. The minimum atomic E-state index is -0.0254. The number of imidazole rings is 1. The Kier molecular flexibility index (Phi) is 5.46. The average molecular weight is 358 g/mol. The Morgan fingerprint density at radius 1 is 1.38 bits per heavy atom. The first-order chi connectivity index (χ1) is 12.4. The number of nitrogens with one attached hydrogen (secondary N) is 1. The summed E-state index contributed by atoms with van der Waals surface area (Å²) in [6.07, 6.45) is 4.12. The standard InChI is InChI=1S/C19H30N6O/c1-13(2)12-25-15(4)16(14(3)22-25)10-18(26)24-9-6-20-11-17(24)19-21-7-8-23(19)5/h7-8,13,17,20H,6,9-12H2,1-5H3. The van der Waals surface area contributed by atoms with Crippen molar-refractivity contribution in [3.8, 4) is 0 Å². The van der Waals surface area contributed by atoms with Crippen LogP contribution in [0.1, 0.15) is 42.7 Å². The molecule has 2 aromatic heterocycles. The highest BCUT2D eigenvalue weighted by molar-refractivity contribution is 5.80. The number of amides is 1. The fourth-order valence-corrected chi connectivity index (χ4v) is 3.70. The summed E-state index contributed by atoms with van der Waals surface area (Å²) >= 11 is 0. The Morgan fingerprint density at radius 2 is 2.15 bits per heavy atom. The largest absolute Gasteiger partial charge is 0.336 e. The molecule has 3 heterocycles. The molecule has 1 aliphatic rings. The van der Waals surface area contributed by atoms with Crippen LogP contribution in [0.3, 0.4) is 0 Å². The number of aryl methyl sites for hydroxylation is 2. The lowest BCUT2D eigenvalue weighted by molar-refractivity contribution is -0.134. The molecule has 1 aliphatic heterocycles. The van der Waals surface area contributed by atoms with Gasteiger partial charge in [-0.1, -0.05) is 13.8 Å². The second-order valence-electron chi connectivity index (χ2n) is 7.61. The predicted molar refractivity (Wildman–Crippen MR) is 101 cm³/mol. The van der Waals surface area contributed by atoms with Gasteiger partial charge in [-0.15, -0.1) is 0 Å². The van der Waals surface area contributed by atoms with E-state index in [4.69, 9.17) is 0 Å². The van der Waals surface area contributed by atoms with Crippen molar-refractivity contribution in [3.63, 3.8) is 0 Å². The van der Waals surface area contributed by atoms with E-state index in [0.29, 0.717) is 18.9 Å². The summed E-state index contributed by atoms with van der Waals surface area (Å²) in [6.45, 7) is 11.6. The smallest absolute Gasteiger partial charge is 0.227 e. The van der Waals surface area contributed by atoms with Gasteiger partial charge in [0.1, 0.15) is 11.9 Å². The van der Waals surface area contributed by atoms with Crippen molar-refractivity contribution in [1.29, 1.82) is 0 Å². The van der Waals surface area contributed by atoms with Crippen LogP contribution < -0.4 is 5.32 Å². The molecule has 0 saturated carbocycles. The summed E-state index contributed by atoms with van der Waals surface area (Å²) in [5, 5.41) is 8.03. The summed E-state index contributed by atoms with van der Waals surface area (Å²) < 4.78 is 4.03. The van der Waals surface area contributed by atoms with E-state index in [0.717, 1.165) is 42.4 Å². The van der Waals surface area contributed by atoms with E-state index in [9.17, 15) is 4.79 Å². The summed E-state index contributed by atoms with van der Waals surface area (Å²) in [4.78, 5) is 19.6. The van der Waals surface area contributed by atoms with Gasteiger partial charge in [0.15, 0.2) is 0 Å². The molecule has 1 amide bonds. The van der Waals surface area contributed by atoms with E-state index in [1.807, 2.05) is 34.3 Å². The maximum Gasteiger partial charge on any atom is 0.227 e. The number of carbonyl (C=O) groups is 1. The van der Waals surface area contributed by atoms with Crippen LogP contribution in [0.25, 0.3) is 0 Å². The van der Waals surface area contributed by atoms with Gasteiger partial charge in [-0.05, 0) is 19.8 Å². The van der Waals surface area contributed by atoms with Crippen LogP contribution in [-0.2, 0) is 24.8 Å². The number of nitrogens with zero attached hydrogens (tertiary/aromatic N) is 5. The van der Waals surface area contributed by atoms with Crippen molar-refractivity contribution >= 4 is 5.91 Å². The van der Waals surface area contributed by atoms with Crippen LogP contribution in [0.15, 0.2) is 12.4 Å². The predicted octanol–water partition coefficient (Wildman–Crippen LogP) is 1.61. The van der Waals surface area contributed by atoms with E-state index in [1.54, 1.807) is 6.20 Å². The molecular formula is C19H30N6O. The van der Waals surface area contributed by atoms with Crippen molar-refractivity contribution in [1.82, 2.24) is 29.5 Å². The number of piperazine rings is 1. The minimum absolute atomic E-state index is 0.0254. The van der Waals surface area contributed by atoms with Crippen LogP contribution in [0.4, 0.5) is 0 Å². The topological polar surface area (TPSA) is 68.0 Å². The molecule has 7 nitrogen and oxygen atoms in total. The van der Waals surface area contributed by atoms with Gasteiger partial charge in [0, 0.05) is 56.9 Å². The molecule has 1 atom stereocenters. The zero-order valence-electron chi connectivity index (χ0n) is 16.5. The number of rotatable bonds is 5. The Balaban J connectivity index is 1.80. The Bertz CT molecular complexity index is 775. The lowest BCUT2D eigenvalue weighted by Crippen LogP contribution is -2.50. The molecule has 1 saturated heterocycles. The molecule has 0 aromatic carbocycles. The molecule has 0 radical (unpaired) electrons. The first-order valence-corrected chi connectivity index (χ1v) is 9.38. The highest BCUT2D eigenvalue weighted by Crippen LogP contribution is 2.23. The van der Waals surface area contributed by atoms with Crippen molar-refractivity contribution < 1.29 is 4.79 Å². The molecular weight excluding hydrogens is 328 g/mol. The van der Waals surface area contributed by atoms with Gasteiger partial charge < -0.3 is 14.8 Å². The van der Waals surface area contributed by atoms with Gasteiger partial charge in [0.2, 0.25) is 5.91 Å². The van der Waals surface area contributed by atoms with Gasteiger partial charge in [-0.3, -0.25) is 9.48 Å². The zero-order chi connectivity index (χ0) is 18.8. The molecule has 0 aliphatic carbocycles. The number of aromatic nitrogens is 4. The van der Waals surface area contributed by atoms with Crippen LogP contribution >= 0.6 is 0 Å². The van der Waals surface area contributed by atoms with Crippen LogP contribution in [0, 0.1) is 19.8 Å². The highest BCUT2D eigenvalue weighted by atomic mass is 16.2. The summed E-state index contributed by atoms with van der Waals surface area (Å²) in [6, 6.07) is -0.0254. The molecule has 1 unspecified atom stereocenters. The quantitative estimate of drug-likeness (QED) is 0.882. The molecule has 1 N–H and O–H groups in total. The molecule has 7 heteroatoms. The first kappa shape index (κ1) is 18.6. The Morgan fingerprint density at radius 3 is 2.81 bits per heavy atom. The summed E-state index contributed by atoms with van der Waals surface area (Å²) in [7, 11) is 1.98. The van der Waals surface area contributed by atoms with E-state index in [-0.39, 0.29) is 11.9 Å². The van der Waals surface area contributed by atoms with Gasteiger partial charge in [-0.2, -0.15) is 5.10 Å². The fraction of sp³-hybridized carbons (Fsp3) is 0.632. The third-order valence-corrected chi connectivity index (χ3v) is 5.12. The molecule has 142 valence electrons. The van der Waals surface area contributed by atoms with Crippen LogP contribution in [0.5, 0.6) is 0 Å². The third kappa shape index (κ3) is 3.67. The van der Waals surface area contributed by atoms with Crippen LogP contribution in [0.2, 0.25) is 0 Å². The normalized spacial score (nSPS) is 17.9. The number of hydrogen-bond acceptors (Lipinski definition) is 4. The maximum absolute atomic E-state index is 13.1. The minimum Gasteiger partial charge on any atom is -0.336 e. The Hall–Kier alpha value is -2.15. The van der Waals surface area contributed by atoms with E-state index in [1.165, 1.54) is 0 Å². The summed E-state index contributed by atoms with van der Waals surface area (Å²) in [5.41, 5.74) is 3.13. The Labute approximate surface area is 155 Å². The SMILES string of the molecule is Cc1nn(CC(C)C)c(C)c1CC(=O)N1CCNCC1c1nccn1C. The molecule has 2 aromatic rings. The lowest BCUT2D eigenvalue weighted by Gasteiger charge is -2.36. The van der Waals surface area contributed by atoms with Crippen LogP contribution in [-0.4, -0.2) is 49.8 Å². The number of hydrogen-bond donors (Lipinski definition) is 1. The molecule has 0 spiro atoms. The summed E-state index contributed by atoms with van der Waals surface area (Å²) in [5.74, 6) is 1.60. The fourth-order valence-electron chi connectivity index (χ4n) is 3.70. The van der Waals surface area contributed by atoms with Gasteiger partial charge in [-0.25, -0.2) is 4.98 Å². The van der Waals surface area contributed by atoms with Gasteiger partial charge in [0.25, 0.3) is 0 Å². The second-order valence-corrected chi connectivity index (χ2v) is 7.61. The monoisotopic (exact) mass is 358 g/mol. The number of carbonyl (C=O) groups excluding carboxylic acids is 1. The molecule has 3 rings (SSSR count). The third-order valence-electron chi connectivity index (χ3n) is 5.12. The van der Waals surface area contributed by atoms with Gasteiger partial charge in [0.05, 0.1) is 12.1 Å². The van der Waals surface area contributed by atoms with Crippen molar-refractivity contribution in [2.75, 3.05) is 19.6 Å². The average Bonchev–Trinajstić information content (AvgIpc) is 3.13. The molecule has 26 heavy (non-hydrogen) atoms. The van der Waals surface area contributed by atoms with Crippen molar-refractivity contribution in [2.45, 2.75) is 46.7 Å². The van der Waals surface area contributed by atoms with E-state index >= 15 is 0 Å². The van der Waals surface area contributed by atoms with Gasteiger partial charge >= 0.3 is 0 Å². The van der Waals surface area contributed by atoms with Crippen molar-refractivity contribution in [3.05, 3.63) is 35.2 Å². The van der Waals surface area contributed by atoms with Crippen molar-refractivity contribution in [2.24, 2.45) is 13.0 Å².